The van der Waals surface area contributed by atoms with Gasteiger partial charge in [-0.1, -0.05) is 0 Å². The smallest absolute Gasteiger partial charge is 0.263 e. The molecule has 0 bridgehead atoms. The number of hydrogen-bond donors (Lipinski definition) is 2. The molecule has 9 heteroatoms. The van der Waals surface area contributed by atoms with Crippen LogP contribution in [0.4, 0.5) is 11.5 Å². The third-order valence-electron chi connectivity index (χ3n) is 3.37. The zero-order chi connectivity index (χ0) is 16.3. The van der Waals surface area contributed by atoms with Crippen molar-refractivity contribution < 1.29 is 13.2 Å². The van der Waals surface area contributed by atoms with Crippen LogP contribution in [0.1, 0.15) is 0 Å². The number of amides is 1. The van der Waals surface area contributed by atoms with Crippen LogP contribution in [0, 0.1) is 0 Å². The summed E-state index contributed by atoms with van der Waals surface area (Å²) < 4.78 is 27.0. The van der Waals surface area contributed by atoms with Gasteiger partial charge in [-0.25, -0.2) is 18.4 Å². The number of rotatable bonds is 4. The zero-order valence-corrected chi connectivity index (χ0v) is 13.0. The fourth-order valence-electron chi connectivity index (χ4n) is 2.23. The standard InChI is InChI=1S/C14H15N5O3S/c20-14-9-15-7-8-19(14)11-1-3-12(4-2-11)23(21,22)18-13-5-6-16-10-17-13/h1-6,10,15H,7-9H2,(H,16,17,18). The van der Waals surface area contributed by atoms with Gasteiger partial charge < -0.3 is 10.2 Å². The van der Waals surface area contributed by atoms with E-state index in [-0.39, 0.29) is 23.2 Å². The molecule has 0 aliphatic carbocycles. The zero-order valence-electron chi connectivity index (χ0n) is 12.1. The summed E-state index contributed by atoms with van der Waals surface area (Å²) in [6, 6.07) is 7.64. The predicted octanol–water partition coefficient (Wildman–Crippen LogP) is 0.214. The fourth-order valence-corrected chi connectivity index (χ4v) is 3.24. The Labute approximate surface area is 133 Å². The molecular weight excluding hydrogens is 318 g/mol. The summed E-state index contributed by atoms with van der Waals surface area (Å²) in [6.07, 6.45) is 2.71. The molecule has 2 heterocycles. The summed E-state index contributed by atoms with van der Waals surface area (Å²) >= 11 is 0. The van der Waals surface area contributed by atoms with E-state index >= 15 is 0 Å². The first kappa shape index (κ1) is 15.4. The van der Waals surface area contributed by atoms with Crippen LogP contribution in [0.25, 0.3) is 0 Å². The van der Waals surface area contributed by atoms with E-state index < -0.39 is 10.0 Å². The van der Waals surface area contributed by atoms with Gasteiger partial charge in [-0.3, -0.25) is 9.52 Å². The van der Waals surface area contributed by atoms with Crippen molar-refractivity contribution in [2.24, 2.45) is 0 Å². The van der Waals surface area contributed by atoms with Crippen LogP contribution in [0.2, 0.25) is 0 Å². The van der Waals surface area contributed by atoms with E-state index in [0.29, 0.717) is 18.8 Å². The monoisotopic (exact) mass is 333 g/mol. The van der Waals surface area contributed by atoms with Gasteiger partial charge >= 0.3 is 0 Å². The first-order valence-electron chi connectivity index (χ1n) is 6.96. The number of aromatic nitrogens is 2. The van der Waals surface area contributed by atoms with Gasteiger partial charge in [-0.15, -0.1) is 0 Å². The average Bonchev–Trinajstić information content (AvgIpc) is 2.56. The first-order chi connectivity index (χ1) is 11.1. The summed E-state index contributed by atoms with van der Waals surface area (Å²) in [7, 11) is -3.73. The lowest BCUT2D eigenvalue weighted by Gasteiger charge is -2.27. The van der Waals surface area contributed by atoms with E-state index in [1.54, 1.807) is 17.0 Å². The molecule has 1 aromatic carbocycles. The number of carbonyl (C=O) groups excluding carboxylic acids is 1. The Balaban J connectivity index is 1.80. The fraction of sp³-hybridized carbons (Fsp3) is 0.214. The number of piperazine rings is 1. The van der Waals surface area contributed by atoms with Gasteiger partial charge in [-0.05, 0) is 30.3 Å². The van der Waals surface area contributed by atoms with Crippen molar-refractivity contribution in [3.8, 4) is 0 Å². The molecule has 23 heavy (non-hydrogen) atoms. The number of sulfonamides is 1. The Morgan fingerprint density at radius 1 is 1.17 bits per heavy atom. The van der Waals surface area contributed by atoms with Crippen molar-refractivity contribution in [3.63, 3.8) is 0 Å². The van der Waals surface area contributed by atoms with Gasteiger partial charge in [0.2, 0.25) is 5.91 Å². The Morgan fingerprint density at radius 3 is 2.61 bits per heavy atom. The van der Waals surface area contributed by atoms with Gasteiger partial charge in [0.15, 0.2) is 0 Å². The van der Waals surface area contributed by atoms with E-state index in [4.69, 9.17) is 0 Å². The lowest BCUT2D eigenvalue weighted by Crippen LogP contribution is -2.48. The van der Waals surface area contributed by atoms with Crippen molar-refractivity contribution in [1.29, 1.82) is 0 Å². The second-order valence-corrected chi connectivity index (χ2v) is 6.60. The van der Waals surface area contributed by atoms with Crippen molar-refractivity contribution in [3.05, 3.63) is 42.9 Å². The Hall–Kier alpha value is -2.52. The minimum absolute atomic E-state index is 0.0361. The summed E-state index contributed by atoms with van der Waals surface area (Å²) in [5, 5.41) is 2.99. The topological polar surface area (TPSA) is 104 Å². The third-order valence-corrected chi connectivity index (χ3v) is 4.74. The van der Waals surface area contributed by atoms with Gasteiger partial charge in [0.25, 0.3) is 10.0 Å². The number of anilines is 2. The van der Waals surface area contributed by atoms with Crippen LogP contribution in [0.15, 0.2) is 47.8 Å². The second kappa shape index (κ2) is 6.31. The number of hydrogen-bond acceptors (Lipinski definition) is 6. The highest BCUT2D eigenvalue weighted by atomic mass is 32.2. The largest absolute Gasteiger partial charge is 0.310 e. The number of carbonyl (C=O) groups is 1. The molecule has 0 unspecified atom stereocenters. The minimum atomic E-state index is -3.73. The molecule has 1 aliphatic heterocycles. The van der Waals surface area contributed by atoms with Gasteiger partial charge in [0.1, 0.15) is 12.1 Å². The van der Waals surface area contributed by atoms with Gasteiger partial charge in [-0.2, -0.15) is 0 Å². The number of nitrogens with zero attached hydrogens (tertiary/aromatic N) is 3. The Kier molecular flexibility index (Phi) is 4.22. The quantitative estimate of drug-likeness (QED) is 0.829. The average molecular weight is 333 g/mol. The first-order valence-corrected chi connectivity index (χ1v) is 8.44. The van der Waals surface area contributed by atoms with E-state index in [1.165, 1.54) is 30.7 Å². The van der Waals surface area contributed by atoms with Crippen molar-refractivity contribution in [2.45, 2.75) is 4.90 Å². The molecule has 120 valence electrons. The van der Waals surface area contributed by atoms with Crippen LogP contribution >= 0.6 is 0 Å². The molecule has 0 spiro atoms. The summed E-state index contributed by atoms with van der Waals surface area (Å²) in [6.45, 7) is 1.56. The van der Waals surface area contributed by atoms with Gasteiger partial charge in [0.05, 0.1) is 11.4 Å². The van der Waals surface area contributed by atoms with Crippen LogP contribution in [-0.2, 0) is 14.8 Å². The molecule has 1 amide bonds. The molecule has 1 aromatic heterocycles. The SMILES string of the molecule is O=C1CNCCN1c1ccc(S(=O)(=O)Nc2ccncn2)cc1. The molecular formula is C14H15N5O3S. The highest BCUT2D eigenvalue weighted by molar-refractivity contribution is 7.92. The molecule has 0 radical (unpaired) electrons. The van der Waals surface area contributed by atoms with Crippen molar-refractivity contribution >= 4 is 27.4 Å². The molecule has 0 saturated carbocycles. The molecule has 3 rings (SSSR count). The Bertz CT molecular complexity index is 793. The van der Waals surface area contributed by atoms with Crippen LogP contribution in [0.3, 0.4) is 0 Å². The maximum absolute atomic E-state index is 12.3. The summed E-state index contributed by atoms with van der Waals surface area (Å²) in [5.41, 5.74) is 0.678. The minimum Gasteiger partial charge on any atom is -0.310 e. The molecule has 2 N–H and O–H groups in total. The molecule has 1 fully saturated rings. The number of nitrogens with one attached hydrogen (secondary N) is 2. The molecule has 0 atom stereocenters. The van der Waals surface area contributed by atoms with Crippen LogP contribution < -0.4 is 14.9 Å². The second-order valence-electron chi connectivity index (χ2n) is 4.92. The van der Waals surface area contributed by atoms with Gasteiger partial charge in [0, 0.05) is 25.0 Å². The van der Waals surface area contributed by atoms with E-state index in [2.05, 4.69) is 20.0 Å². The highest BCUT2D eigenvalue weighted by Crippen LogP contribution is 2.20. The summed E-state index contributed by atoms with van der Waals surface area (Å²) in [5.74, 6) is 0.160. The maximum atomic E-state index is 12.3. The van der Waals surface area contributed by atoms with Crippen LogP contribution in [-0.4, -0.2) is 43.9 Å². The van der Waals surface area contributed by atoms with E-state index in [9.17, 15) is 13.2 Å². The van der Waals surface area contributed by atoms with Crippen LogP contribution in [0.5, 0.6) is 0 Å². The molecule has 1 aliphatic rings. The Morgan fingerprint density at radius 2 is 1.96 bits per heavy atom. The third kappa shape index (κ3) is 3.46. The van der Waals surface area contributed by atoms with Crippen molar-refractivity contribution in [1.82, 2.24) is 15.3 Å². The molecule has 8 nitrogen and oxygen atoms in total. The predicted molar refractivity (Wildman–Crippen MR) is 84.5 cm³/mol. The highest BCUT2D eigenvalue weighted by Gasteiger charge is 2.20. The lowest BCUT2D eigenvalue weighted by molar-refractivity contribution is -0.118. The number of benzene rings is 1. The van der Waals surface area contributed by atoms with E-state index in [1.807, 2.05) is 0 Å². The van der Waals surface area contributed by atoms with Crippen molar-refractivity contribution in [2.75, 3.05) is 29.3 Å². The van der Waals surface area contributed by atoms with E-state index in [0.717, 1.165) is 0 Å². The summed E-state index contributed by atoms with van der Waals surface area (Å²) in [4.78, 5) is 21.1. The maximum Gasteiger partial charge on any atom is 0.263 e. The lowest BCUT2D eigenvalue weighted by atomic mass is 10.2. The normalized spacial score (nSPS) is 15.5. The molecule has 2 aromatic rings. The molecule has 1 saturated heterocycles.